The third-order valence-corrected chi connectivity index (χ3v) is 8.03. The summed E-state index contributed by atoms with van der Waals surface area (Å²) in [5.41, 5.74) is 3.58. The first-order valence-electron chi connectivity index (χ1n) is 14.7. The minimum Gasteiger partial charge on any atom is -0.484 e. The highest BCUT2D eigenvalue weighted by Gasteiger charge is 2.35. The Morgan fingerprint density at radius 2 is 1.91 bits per heavy atom. The van der Waals surface area contributed by atoms with Crippen LogP contribution in [0.2, 0.25) is 0 Å². The van der Waals surface area contributed by atoms with E-state index < -0.39 is 24.0 Å². The van der Waals surface area contributed by atoms with Crippen LogP contribution in [0.3, 0.4) is 0 Å². The lowest BCUT2D eigenvalue weighted by molar-refractivity contribution is -0.144. The molecule has 1 fully saturated rings. The zero-order chi connectivity index (χ0) is 30.8. The van der Waals surface area contributed by atoms with E-state index in [9.17, 15) is 18.4 Å². The molecular formula is C33H34F2N4O5. The van der Waals surface area contributed by atoms with Gasteiger partial charge in [-0.3, -0.25) is 9.59 Å². The van der Waals surface area contributed by atoms with Crippen LogP contribution < -0.4 is 20.1 Å². The lowest BCUT2D eigenvalue weighted by Crippen LogP contribution is -2.46. The van der Waals surface area contributed by atoms with Gasteiger partial charge in [0.05, 0.1) is 30.0 Å². The van der Waals surface area contributed by atoms with Crippen LogP contribution in [0.15, 0.2) is 66.9 Å². The van der Waals surface area contributed by atoms with E-state index in [4.69, 9.17) is 14.2 Å². The summed E-state index contributed by atoms with van der Waals surface area (Å²) in [5.74, 6) is -3.97. The molecule has 44 heavy (non-hydrogen) atoms. The van der Waals surface area contributed by atoms with Crippen molar-refractivity contribution in [2.45, 2.75) is 70.2 Å². The maximum atomic E-state index is 13.8. The number of rotatable bonds is 9. The average molecular weight is 605 g/mol. The summed E-state index contributed by atoms with van der Waals surface area (Å²) in [4.78, 5) is 25.0. The van der Waals surface area contributed by atoms with Crippen molar-refractivity contribution in [1.82, 2.24) is 20.4 Å². The maximum absolute atomic E-state index is 13.8. The lowest BCUT2D eigenvalue weighted by atomic mass is 10.00. The Morgan fingerprint density at radius 1 is 1.09 bits per heavy atom. The number of aromatic nitrogens is 2. The molecule has 0 bridgehead atoms. The van der Waals surface area contributed by atoms with E-state index in [1.165, 1.54) is 0 Å². The molecule has 2 amide bonds. The molecule has 2 unspecified atom stereocenters. The molecule has 0 spiro atoms. The highest BCUT2D eigenvalue weighted by molar-refractivity contribution is 5.95. The summed E-state index contributed by atoms with van der Waals surface area (Å²) in [6.07, 6.45) is 5.16. The van der Waals surface area contributed by atoms with Gasteiger partial charge in [0.15, 0.2) is 6.79 Å². The number of alkyl halides is 2. The van der Waals surface area contributed by atoms with Crippen LogP contribution in [0.5, 0.6) is 11.5 Å². The summed E-state index contributed by atoms with van der Waals surface area (Å²) in [6, 6.07) is 17.5. The Labute approximate surface area is 253 Å². The molecule has 1 aliphatic heterocycles. The minimum atomic E-state index is -3.54. The molecule has 11 heteroatoms. The molecule has 2 aliphatic rings. The molecule has 2 atom stereocenters. The first-order chi connectivity index (χ1) is 21.2. The first kappa shape index (κ1) is 29.6. The van der Waals surface area contributed by atoms with Gasteiger partial charge in [0.25, 0.3) is 11.8 Å². The number of amides is 2. The first-order valence-corrected chi connectivity index (χ1v) is 14.7. The van der Waals surface area contributed by atoms with Gasteiger partial charge in [-0.15, -0.1) is 0 Å². The number of carbonyl (C=O) groups excluding carboxylic acids is 2. The summed E-state index contributed by atoms with van der Waals surface area (Å²) >= 11 is 0. The van der Waals surface area contributed by atoms with Gasteiger partial charge < -0.3 is 24.8 Å². The third kappa shape index (κ3) is 6.37. The topological polar surface area (TPSA) is 104 Å². The fraction of sp³-hybridized carbons (Fsp3) is 0.364. The van der Waals surface area contributed by atoms with Crippen molar-refractivity contribution in [1.29, 1.82) is 0 Å². The van der Waals surface area contributed by atoms with Crippen molar-refractivity contribution < 1.29 is 32.6 Å². The number of halogens is 2. The summed E-state index contributed by atoms with van der Waals surface area (Å²) in [6.45, 7) is 2.67. The Morgan fingerprint density at radius 3 is 2.70 bits per heavy atom. The van der Waals surface area contributed by atoms with Crippen LogP contribution in [-0.4, -0.2) is 46.4 Å². The standard InChI is InChI=1S/C33H34F2N4O5/c1-20(37-32(41)33(2,34)35)30(21-10-11-23-18-42-19-43-29(23)16-21)44-27-12-13-28-24(15-27)17-36-39(28)26-9-5-6-22(14-26)31(40)38-25-7-3-4-8-25/h5-6,9-17,20,25,30H,3-4,7-8,18-19H2,1-2H3,(H,37,41)(H,38,40). The molecule has 1 saturated carbocycles. The van der Waals surface area contributed by atoms with E-state index in [0.717, 1.165) is 47.8 Å². The highest BCUT2D eigenvalue weighted by atomic mass is 19.3. The number of hydrogen-bond donors (Lipinski definition) is 2. The Hall–Kier alpha value is -4.51. The molecule has 230 valence electrons. The molecule has 9 nitrogen and oxygen atoms in total. The zero-order valence-electron chi connectivity index (χ0n) is 24.5. The van der Waals surface area contributed by atoms with Crippen molar-refractivity contribution in [3.05, 3.63) is 83.6 Å². The molecule has 2 N–H and O–H groups in total. The van der Waals surface area contributed by atoms with Crippen LogP contribution in [0, 0.1) is 0 Å². The second-order valence-corrected chi connectivity index (χ2v) is 11.4. The molecule has 1 aliphatic carbocycles. The predicted octanol–water partition coefficient (Wildman–Crippen LogP) is 5.84. The van der Waals surface area contributed by atoms with E-state index in [1.807, 2.05) is 30.3 Å². The number of fused-ring (bicyclic) bond motifs is 2. The Balaban J connectivity index is 1.26. The van der Waals surface area contributed by atoms with E-state index in [-0.39, 0.29) is 18.7 Å². The maximum Gasteiger partial charge on any atom is 0.321 e. The number of benzene rings is 3. The lowest BCUT2D eigenvalue weighted by Gasteiger charge is -2.28. The van der Waals surface area contributed by atoms with E-state index >= 15 is 0 Å². The number of carbonyl (C=O) groups is 2. The monoisotopic (exact) mass is 604 g/mol. The number of nitrogens with one attached hydrogen (secondary N) is 2. The molecule has 2 heterocycles. The van der Waals surface area contributed by atoms with Crippen molar-refractivity contribution >= 4 is 22.7 Å². The number of hydrogen-bond acceptors (Lipinski definition) is 6. The van der Waals surface area contributed by atoms with Gasteiger partial charge in [0, 0.05) is 29.5 Å². The molecular weight excluding hydrogens is 570 g/mol. The van der Waals surface area contributed by atoms with Gasteiger partial charge >= 0.3 is 5.92 Å². The van der Waals surface area contributed by atoms with Crippen LogP contribution in [0.1, 0.15) is 67.1 Å². The quantitative estimate of drug-likeness (QED) is 0.249. The number of nitrogens with zero attached hydrogens (tertiary/aromatic N) is 2. The molecule has 6 rings (SSSR count). The SMILES string of the molecule is CC(NC(=O)C(C)(F)F)C(Oc1ccc2c(cnn2-c2cccc(C(=O)NC3CCCC3)c2)c1)c1ccc2c(c1)OCOC2. The second kappa shape index (κ2) is 12.2. The average Bonchev–Trinajstić information content (AvgIpc) is 3.69. The zero-order valence-corrected chi connectivity index (χ0v) is 24.5. The normalized spacial score (nSPS) is 16.5. The van der Waals surface area contributed by atoms with Crippen LogP contribution in [0.4, 0.5) is 8.78 Å². The predicted molar refractivity (Wildman–Crippen MR) is 159 cm³/mol. The summed E-state index contributed by atoms with van der Waals surface area (Å²) < 4.78 is 46.6. The van der Waals surface area contributed by atoms with Crippen molar-refractivity contribution in [2.75, 3.05) is 6.79 Å². The Bertz CT molecular complexity index is 1680. The smallest absolute Gasteiger partial charge is 0.321 e. The van der Waals surface area contributed by atoms with E-state index in [0.29, 0.717) is 36.2 Å². The fourth-order valence-electron chi connectivity index (χ4n) is 5.68. The van der Waals surface area contributed by atoms with Gasteiger partial charge in [0.1, 0.15) is 17.6 Å². The van der Waals surface area contributed by atoms with Crippen LogP contribution in [0.25, 0.3) is 16.6 Å². The van der Waals surface area contributed by atoms with Crippen LogP contribution in [-0.2, 0) is 16.1 Å². The molecule has 0 radical (unpaired) electrons. The summed E-state index contributed by atoms with van der Waals surface area (Å²) in [5, 5.41) is 10.8. The fourth-order valence-corrected chi connectivity index (χ4v) is 5.68. The van der Waals surface area contributed by atoms with Gasteiger partial charge in [-0.05, 0) is 67.8 Å². The van der Waals surface area contributed by atoms with E-state index in [2.05, 4.69) is 15.7 Å². The molecule has 3 aromatic carbocycles. The van der Waals surface area contributed by atoms with Gasteiger partial charge in [0.2, 0.25) is 0 Å². The third-order valence-electron chi connectivity index (χ3n) is 8.03. The van der Waals surface area contributed by atoms with Gasteiger partial charge in [-0.1, -0.05) is 31.0 Å². The summed E-state index contributed by atoms with van der Waals surface area (Å²) in [7, 11) is 0. The molecule has 1 aromatic heterocycles. The second-order valence-electron chi connectivity index (χ2n) is 11.4. The van der Waals surface area contributed by atoms with Gasteiger partial charge in [-0.25, -0.2) is 4.68 Å². The van der Waals surface area contributed by atoms with Crippen molar-refractivity contribution in [3.8, 4) is 17.2 Å². The van der Waals surface area contributed by atoms with Crippen molar-refractivity contribution in [3.63, 3.8) is 0 Å². The van der Waals surface area contributed by atoms with Gasteiger partial charge in [-0.2, -0.15) is 13.9 Å². The van der Waals surface area contributed by atoms with Crippen molar-refractivity contribution in [2.24, 2.45) is 0 Å². The number of ether oxygens (including phenoxy) is 3. The van der Waals surface area contributed by atoms with Crippen LogP contribution >= 0.6 is 0 Å². The largest absolute Gasteiger partial charge is 0.484 e. The molecule has 0 saturated heterocycles. The highest BCUT2D eigenvalue weighted by Crippen LogP contribution is 2.33. The van der Waals surface area contributed by atoms with E-state index in [1.54, 1.807) is 48.1 Å². The Kier molecular flexibility index (Phi) is 8.22. The minimum absolute atomic E-state index is 0.0981. The molecule has 4 aromatic rings.